The van der Waals surface area contributed by atoms with E-state index in [9.17, 15) is 19.5 Å². The van der Waals surface area contributed by atoms with Crippen LogP contribution in [0.15, 0.2) is 0 Å². The van der Waals surface area contributed by atoms with Gasteiger partial charge in [0.05, 0.1) is 6.10 Å². The summed E-state index contributed by atoms with van der Waals surface area (Å²) in [5.74, 6) is 0.286. The number of fused-ring (bicyclic) bond motifs is 5. The highest BCUT2D eigenvalue weighted by molar-refractivity contribution is 5.85. The number of carbonyl (C=O) groups is 3. The zero-order valence-electron chi connectivity index (χ0n) is 30.0. The monoisotopic (exact) mass is 647 g/mol. The molecule has 4 fully saturated rings. The molecule has 4 aliphatic carbocycles. The zero-order valence-corrected chi connectivity index (χ0v) is 30.0. The molecule has 0 spiro atoms. The molecule has 4 aliphatic rings. The largest absolute Gasteiger partial charge is 0.462 e. The van der Waals surface area contributed by atoms with Gasteiger partial charge in [-0.15, -0.1) is 0 Å². The number of carbonyl (C=O) groups excluding carboxylic acids is 3. The molecule has 264 valence electrons. The Morgan fingerprint density at radius 2 is 1.70 bits per heavy atom. The zero-order chi connectivity index (χ0) is 34.0. The van der Waals surface area contributed by atoms with Crippen molar-refractivity contribution in [3.05, 3.63) is 0 Å². The minimum atomic E-state index is -0.408. The molecule has 11 atom stereocenters. The van der Waals surface area contributed by atoms with Crippen molar-refractivity contribution in [2.75, 3.05) is 39.3 Å². The van der Waals surface area contributed by atoms with Crippen molar-refractivity contribution in [3.63, 3.8) is 0 Å². The lowest BCUT2D eigenvalue weighted by atomic mass is 9.36. The molecule has 9 nitrogen and oxygen atoms in total. The summed E-state index contributed by atoms with van der Waals surface area (Å²) < 4.78 is 6.17. The molecule has 46 heavy (non-hydrogen) atoms. The third-order valence-electron chi connectivity index (χ3n) is 13.8. The first-order valence-electron chi connectivity index (χ1n) is 18.4. The van der Waals surface area contributed by atoms with Gasteiger partial charge in [-0.2, -0.15) is 0 Å². The fourth-order valence-electron chi connectivity index (χ4n) is 11.4. The number of amides is 1. The first kappa shape index (κ1) is 37.3. The van der Waals surface area contributed by atoms with E-state index in [1.165, 1.54) is 6.92 Å². The first-order chi connectivity index (χ1) is 21.6. The van der Waals surface area contributed by atoms with E-state index in [1.54, 1.807) is 0 Å². The Bertz CT molecular complexity index is 1080. The lowest BCUT2D eigenvalue weighted by Crippen LogP contribution is -2.65. The van der Waals surface area contributed by atoms with Gasteiger partial charge < -0.3 is 26.6 Å². The van der Waals surface area contributed by atoms with E-state index in [0.29, 0.717) is 63.1 Å². The van der Waals surface area contributed by atoms with E-state index in [0.717, 1.165) is 51.6 Å². The van der Waals surface area contributed by atoms with Gasteiger partial charge in [0.15, 0.2) is 0 Å². The van der Waals surface area contributed by atoms with Crippen molar-refractivity contribution in [2.45, 2.75) is 118 Å². The van der Waals surface area contributed by atoms with Gasteiger partial charge in [-0.25, -0.2) is 0 Å². The summed E-state index contributed by atoms with van der Waals surface area (Å²) in [5, 5.41) is 14.0. The van der Waals surface area contributed by atoms with Crippen LogP contribution in [0.1, 0.15) is 106 Å². The number of ether oxygens (including phenoxy) is 1. The van der Waals surface area contributed by atoms with Crippen LogP contribution in [-0.2, 0) is 19.1 Å². The van der Waals surface area contributed by atoms with Crippen LogP contribution < -0.4 is 16.8 Å². The number of nitrogens with two attached hydrogens (primary N) is 2. The molecule has 1 amide bonds. The molecular weight excluding hydrogens is 580 g/mol. The molecule has 4 rings (SSSR count). The highest BCUT2D eigenvalue weighted by Crippen LogP contribution is 2.74. The number of esters is 1. The second kappa shape index (κ2) is 14.9. The molecule has 0 radical (unpaired) electrons. The smallest absolute Gasteiger partial charge is 0.302 e. The van der Waals surface area contributed by atoms with E-state index in [4.69, 9.17) is 16.2 Å². The molecule has 0 bridgehead atoms. The Morgan fingerprint density at radius 3 is 2.30 bits per heavy atom. The van der Waals surface area contributed by atoms with Crippen molar-refractivity contribution >= 4 is 17.7 Å². The molecule has 0 unspecified atom stereocenters. The molecule has 0 aromatic rings. The van der Waals surface area contributed by atoms with Crippen molar-refractivity contribution in [1.29, 1.82) is 0 Å². The lowest BCUT2D eigenvalue weighted by molar-refractivity contribution is -0.202. The number of aliphatic hydroxyl groups excluding tert-OH is 1. The fourth-order valence-corrected chi connectivity index (χ4v) is 11.4. The number of hydrogen-bond donors (Lipinski definition) is 4. The topological polar surface area (TPSA) is 148 Å². The van der Waals surface area contributed by atoms with Gasteiger partial charge in [0.25, 0.3) is 0 Å². The van der Waals surface area contributed by atoms with Crippen LogP contribution in [0, 0.1) is 57.7 Å². The van der Waals surface area contributed by atoms with Gasteiger partial charge in [0, 0.05) is 70.4 Å². The summed E-state index contributed by atoms with van der Waals surface area (Å²) in [7, 11) is 0. The Kier molecular flexibility index (Phi) is 12.1. The van der Waals surface area contributed by atoms with Crippen molar-refractivity contribution < 1.29 is 24.2 Å². The molecule has 0 aromatic heterocycles. The van der Waals surface area contributed by atoms with Gasteiger partial charge in [0.2, 0.25) is 5.91 Å². The molecule has 0 saturated heterocycles. The second-order valence-corrected chi connectivity index (χ2v) is 16.7. The Hall–Kier alpha value is -1.55. The predicted molar refractivity (Wildman–Crippen MR) is 181 cm³/mol. The molecule has 4 saturated carbocycles. The normalized spacial score (nSPS) is 39.5. The van der Waals surface area contributed by atoms with Gasteiger partial charge >= 0.3 is 5.97 Å². The van der Waals surface area contributed by atoms with Crippen molar-refractivity contribution in [2.24, 2.45) is 69.1 Å². The van der Waals surface area contributed by atoms with Crippen LogP contribution in [-0.4, -0.2) is 79.1 Å². The van der Waals surface area contributed by atoms with E-state index < -0.39 is 6.10 Å². The minimum Gasteiger partial charge on any atom is -0.462 e. The number of aliphatic hydroxyl groups is 1. The maximum Gasteiger partial charge on any atom is 0.302 e. The van der Waals surface area contributed by atoms with Crippen LogP contribution in [0.4, 0.5) is 0 Å². The van der Waals surface area contributed by atoms with Crippen LogP contribution in [0.3, 0.4) is 0 Å². The van der Waals surface area contributed by atoms with Crippen molar-refractivity contribution in [1.82, 2.24) is 10.2 Å². The number of nitrogens with one attached hydrogen (secondary N) is 1. The molecule has 0 aromatic carbocycles. The highest BCUT2D eigenvalue weighted by Gasteiger charge is 2.72. The van der Waals surface area contributed by atoms with Gasteiger partial charge in [-0.1, -0.05) is 54.4 Å². The Labute approximate surface area is 278 Å². The predicted octanol–water partition coefficient (Wildman–Crippen LogP) is 4.14. The second-order valence-electron chi connectivity index (χ2n) is 16.7. The maximum absolute atomic E-state index is 14.6. The Morgan fingerprint density at radius 1 is 1.02 bits per heavy atom. The number of Topliss-reactive ketones (excluding diaryl/α,β-unsaturated/α-hetero) is 1. The van der Waals surface area contributed by atoms with Crippen LogP contribution in [0.5, 0.6) is 0 Å². The minimum absolute atomic E-state index is 0.00101. The molecule has 0 aliphatic heterocycles. The lowest BCUT2D eigenvalue weighted by Gasteiger charge is -2.67. The molecule has 0 heterocycles. The highest BCUT2D eigenvalue weighted by atomic mass is 16.5. The van der Waals surface area contributed by atoms with Gasteiger partial charge in [-0.05, 0) is 78.4 Å². The summed E-state index contributed by atoms with van der Waals surface area (Å²) in [6, 6.07) is 0. The van der Waals surface area contributed by atoms with Gasteiger partial charge in [0.1, 0.15) is 11.9 Å². The average Bonchev–Trinajstić information content (AvgIpc) is 3.24. The summed E-state index contributed by atoms with van der Waals surface area (Å²) in [5.41, 5.74) is 10.9. The fraction of sp³-hybridized carbons (Fsp3) is 0.919. The standard InChI is InChI=1S/C37H66N4O5/c1-23(2)9-8-10-26(34(45)40-17-20-41(18-15-38)19-16-39)32-28-21-30(44)33-35(5)13-12-29(43)24(3)27(35)11-14-36(33,6)37(28,7)22-31(32)46-25(4)42/h23-24,26-29,31-33,43H,8-22,38-39H2,1-7H3,(H,40,45)/t24-,26-,27-,28-,29+,31-,32-,33-,35-,36-,37-/m0/s1. The molecule has 9 heteroatoms. The van der Waals surface area contributed by atoms with Crippen LogP contribution in [0.2, 0.25) is 0 Å². The van der Waals surface area contributed by atoms with E-state index >= 15 is 0 Å². The summed E-state index contributed by atoms with van der Waals surface area (Å²) in [4.78, 5) is 43.6. The quantitative estimate of drug-likeness (QED) is 0.206. The first-order valence-corrected chi connectivity index (χ1v) is 18.4. The number of hydrogen-bond acceptors (Lipinski definition) is 8. The van der Waals surface area contributed by atoms with Crippen LogP contribution >= 0.6 is 0 Å². The third kappa shape index (κ3) is 6.95. The van der Waals surface area contributed by atoms with Crippen LogP contribution in [0.25, 0.3) is 0 Å². The number of ketones is 1. The van der Waals surface area contributed by atoms with E-state index in [-0.39, 0.29) is 63.8 Å². The summed E-state index contributed by atoms with van der Waals surface area (Å²) in [6.07, 6.45) is 6.50. The summed E-state index contributed by atoms with van der Waals surface area (Å²) >= 11 is 0. The Balaban J connectivity index is 1.68. The SMILES string of the molecule is CC(=O)O[C@H]1C[C@@]2(C)[C@@H](CC(=O)[C@H]3[C@@]4(C)CC[C@@H](O)[C@@H](C)[C@@H]4CC[C@@]32C)[C@@H]1[C@H](CCCC(C)C)C(=O)NCCN(CCN)CCN. The molecule has 6 N–H and O–H groups in total. The van der Waals surface area contributed by atoms with E-state index in [1.807, 2.05) is 0 Å². The third-order valence-corrected chi connectivity index (χ3v) is 13.8. The number of nitrogens with zero attached hydrogens (tertiary/aromatic N) is 1. The van der Waals surface area contributed by atoms with Gasteiger partial charge in [-0.3, -0.25) is 19.3 Å². The van der Waals surface area contributed by atoms with E-state index in [2.05, 4.69) is 51.8 Å². The number of rotatable bonds is 14. The van der Waals surface area contributed by atoms with Crippen molar-refractivity contribution in [3.8, 4) is 0 Å². The maximum atomic E-state index is 14.6. The molecular formula is C37H66N4O5. The average molecular weight is 647 g/mol. The summed E-state index contributed by atoms with van der Waals surface area (Å²) in [6.45, 7) is 18.7.